The summed E-state index contributed by atoms with van der Waals surface area (Å²) in [5.74, 6) is 0. The molecule has 6 heteroatoms. The van der Waals surface area contributed by atoms with E-state index in [1.807, 2.05) is 17.5 Å². The van der Waals surface area contributed by atoms with Crippen LogP contribution in [0.3, 0.4) is 0 Å². The van der Waals surface area contributed by atoms with Crippen LogP contribution in [0.5, 0.6) is 0 Å². The lowest BCUT2D eigenvalue weighted by atomic mass is 9.99. The second kappa shape index (κ2) is 4.72. The number of thiophene rings is 1. The molecule has 2 aromatic rings. The van der Waals surface area contributed by atoms with Crippen LogP contribution in [0, 0.1) is 0 Å². The van der Waals surface area contributed by atoms with E-state index < -0.39 is 22.2 Å². The summed E-state index contributed by atoms with van der Waals surface area (Å²) in [4.78, 5) is 1.22. The fraction of sp³-hybridized carbons (Fsp3) is 0.231. The summed E-state index contributed by atoms with van der Waals surface area (Å²) in [5.41, 5.74) is 0.475. The number of sulfonamides is 1. The summed E-state index contributed by atoms with van der Waals surface area (Å²) >= 11 is 1.55. The lowest BCUT2D eigenvalue weighted by Crippen LogP contribution is -2.45. The monoisotopic (exact) mass is 295 g/mol. The van der Waals surface area contributed by atoms with Crippen LogP contribution < -0.4 is 4.72 Å². The molecule has 3 rings (SSSR count). The van der Waals surface area contributed by atoms with E-state index >= 15 is 0 Å². The van der Waals surface area contributed by atoms with Gasteiger partial charge in [0, 0.05) is 16.9 Å². The summed E-state index contributed by atoms with van der Waals surface area (Å²) in [6.45, 7) is 0. The number of hydrogen-bond donors (Lipinski definition) is 2. The Morgan fingerprint density at radius 3 is 2.74 bits per heavy atom. The van der Waals surface area contributed by atoms with Crippen molar-refractivity contribution in [3.05, 3.63) is 52.2 Å². The minimum absolute atomic E-state index is 0.171. The minimum Gasteiger partial charge on any atom is -0.387 e. The van der Waals surface area contributed by atoms with Gasteiger partial charge in [0.2, 0.25) is 10.0 Å². The topological polar surface area (TPSA) is 66.4 Å². The van der Waals surface area contributed by atoms with Crippen molar-refractivity contribution < 1.29 is 13.5 Å². The molecule has 1 aromatic heterocycles. The number of nitrogens with one attached hydrogen (secondary N) is 1. The fourth-order valence-corrected chi connectivity index (χ4v) is 4.57. The van der Waals surface area contributed by atoms with Crippen molar-refractivity contribution >= 4 is 21.4 Å². The van der Waals surface area contributed by atoms with Gasteiger partial charge < -0.3 is 5.11 Å². The van der Waals surface area contributed by atoms with Gasteiger partial charge in [-0.25, -0.2) is 13.1 Å². The van der Waals surface area contributed by atoms with Gasteiger partial charge in [0.15, 0.2) is 0 Å². The van der Waals surface area contributed by atoms with Crippen LogP contribution in [0.15, 0.2) is 46.7 Å². The molecular formula is C13H13NO3S2. The van der Waals surface area contributed by atoms with Gasteiger partial charge in [0.05, 0.1) is 17.0 Å². The highest BCUT2D eigenvalue weighted by Crippen LogP contribution is 2.32. The highest BCUT2D eigenvalue weighted by atomic mass is 32.2. The molecule has 4 nitrogen and oxygen atoms in total. The van der Waals surface area contributed by atoms with Gasteiger partial charge >= 0.3 is 0 Å². The number of benzene rings is 1. The van der Waals surface area contributed by atoms with Gasteiger partial charge in [0.1, 0.15) is 0 Å². The maximum Gasteiger partial charge on any atom is 0.241 e. The van der Waals surface area contributed by atoms with Gasteiger partial charge in [-0.05, 0) is 17.5 Å². The van der Waals surface area contributed by atoms with Gasteiger partial charge in [-0.1, -0.05) is 24.3 Å². The minimum atomic E-state index is -3.53. The summed E-state index contributed by atoms with van der Waals surface area (Å²) in [6, 6.07) is 9.92. The van der Waals surface area contributed by atoms with Crippen LogP contribution >= 0.6 is 11.3 Å². The Morgan fingerprint density at radius 1 is 1.21 bits per heavy atom. The third-order valence-corrected chi connectivity index (χ3v) is 5.68. The lowest BCUT2D eigenvalue weighted by molar-refractivity contribution is 0.132. The predicted octanol–water partition coefficient (Wildman–Crippen LogP) is 1.68. The average molecular weight is 295 g/mol. The standard InChI is InChI=1S/C13H13NO3S2/c15-13-10-5-1-2-6-12(10)19(16,17)14-11(13)8-9-4-3-7-18-9/h1-7,11,13-15H,8H2/t11-,13-/m1/s1. The number of aliphatic hydroxyl groups excluding tert-OH is 1. The Kier molecular flexibility index (Phi) is 3.18. The molecule has 2 heterocycles. The molecule has 0 unspecified atom stereocenters. The predicted molar refractivity (Wildman–Crippen MR) is 73.5 cm³/mol. The van der Waals surface area contributed by atoms with Crippen molar-refractivity contribution in [1.29, 1.82) is 0 Å². The van der Waals surface area contributed by atoms with Crippen LogP contribution in [-0.4, -0.2) is 19.6 Å². The fourth-order valence-electron chi connectivity index (χ4n) is 2.31. The van der Waals surface area contributed by atoms with Crippen molar-refractivity contribution in [3.63, 3.8) is 0 Å². The SMILES string of the molecule is O=S1(=O)N[C@H](Cc2cccs2)[C@H](O)c2ccccc21. The molecule has 1 aromatic carbocycles. The molecule has 100 valence electrons. The molecule has 0 saturated carbocycles. The second-order valence-corrected chi connectivity index (χ2v) is 7.21. The van der Waals surface area contributed by atoms with E-state index in [0.29, 0.717) is 12.0 Å². The van der Waals surface area contributed by atoms with E-state index in [-0.39, 0.29) is 4.90 Å². The third-order valence-electron chi connectivity index (χ3n) is 3.22. The number of aliphatic hydroxyl groups is 1. The van der Waals surface area contributed by atoms with Crippen LogP contribution in [0.2, 0.25) is 0 Å². The molecule has 0 amide bonds. The van der Waals surface area contributed by atoms with Gasteiger partial charge in [0.25, 0.3) is 0 Å². The van der Waals surface area contributed by atoms with Crippen molar-refractivity contribution in [2.45, 2.75) is 23.5 Å². The number of rotatable bonds is 2. The Bertz CT molecular complexity index is 680. The summed E-state index contributed by atoms with van der Waals surface area (Å²) in [5, 5.41) is 12.3. The normalized spacial score (nSPS) is 24.9. The molecule has 0 saturated heterocycles. The largest absolute Gasteiger partial charge is 0.387 e. The van der Waals surface area contributed by atoms with E-state index in [0.717, 1.165) is 4.88 Å². The molecule has 0 radical (unpaired) electrons. The van der Waals surface area contributed by atoms with Crippen molar-refractivity contribution in [1.82, 2.24) is 4.72 Å². The van der Waals surface area contributed by atoms with Crippen molar-refractivity contribution in [2.75, 3.05) is 0 Å². The Balaban J connectivity index is 1.99. The smallest absolute Gasteiger partial charge is 0.241 e. The third kappa shape index (κ3) is 2.32. The van der Waals surface area contributed by atoms with Crippen LogP contribution in [0.1, 0.15) is 16.5 Å². The van der Waals surface area contributed by atoms with Gasteiger partial charge in [-0.15, -0.1) is 11.3 Å². The zero-order chi connectivity index (χ0) is 13.5. The Hall–Kier alpha value is -1.21. The van der Waals surface area contributed by atoms with Gasteiger partial charge in [-0.2, -0.15) is 0 Å². The van der Waals surface area contributed by atoms with E-state index in [2.05, 4.69) is 4.72 Å². The molecular weight excluding hydrogens is 282 g/mol. The summed E-state index contributed by atoms with van der Waals surface area (Å²) in [7, 11) is -3.53. The molecule has 1 aliphatic heterocycles. The van der Waals surface area contributed by atoms with Crippen LogP contribution in [0.25, 0.3) is 0 Å². The van der Waals surface area contributed by atoms with E-state index in [1.165, 1.54) is 6.07 Å². The highest BCUT2D eigenvalue weighted by molar-refractivity contribution is 7.89. The molecule has 0 spiro atoms. The van der Waals surface area contributed by atoms with Crippen LogP contribution in [-0.2, 0) is 16.4 Å². The molecule has 1 aliphatic rings. The molecule has 2 N–H and O–H groups in total. The summed E-state index contributed by atoms with van der Waals surface area (Å²) in [6.07, 6.45) is -0.325. The highest BCUT2D eigenvalue weighted by Gasteiger charge is 2.36. The lowest BCUT2D eigenvalue weighted by Gasteiger charge is -2.30. The Morgan fingerprint density at radius 2 is 2.00 bits per heavy atom. The zero-order valence-corrected chi connectivity index (χ0v) is 11.6. The number of fused-ring (bicyclic) bond motifs is 1. The molecule has 0 bridgehead atoms. The van der Waals surface area contributed by atoms with E-state index in [9.17, 15) is 13.5 Å². The van der Waals surface area contributed by atoms with Gasteiger partial charge in [-0.3, -0.25) is 0 Å². The quantitative estimate of drug-likeness (QED) is 0.886. The zero-order valence-electron chi connectivity index (χ0n) is 9.98. The van der Waals surface area contributed by atoms with Crippen molar-refractivity contribution in [2.24, 2.45) is 0 Å². The molecule has 0 fully saturated rings. The van der Waals surface area contributed by atoms with E-state index in [1.54, 1.807) is 29.5 Å². The summed E-state index contributed by atoms with van der Waals surface area (Å²) < 4.78 is 26.8. The first-order chi connectivity index (χ1) is 9.08. The first-order valence-corrected chi connectivity index (χ1v) is 8.26. The van der Waals surface area contributed by atoms with Crippen LogP contribution in [0.4, 0.5) is 0 Å². The maximum absolute atomic E-state index is 12.1. The molecule has 2 atom stereocenters. The second-order valence-electron chi connectivity index (χ2n) is 4.49. The maximum atomic E-state index is 12.1. The first-order valence-electron chi connectivity index (χ1n) is 5.89. The molecule has 19 heavy (non-hydrogen) atoms. The van der Waals surface area contributed by atoms with Crippen molar-refractivity contribution in [3.8, 4) is 0 Å². The number of hydrogen-bond acceptors (Lipinski definition) is 4. The average Bonchev–Trinajstić information content (AvgIpc) is 2.88. The van der Waals surface area contributed by atoms with E-state index in [4.69, 9.17) is 0 Å². The Labute approximate surface area is 115 Å². The molecule has 0 aliphatic carbocycles. The first kappa shape index (κ1) is 12.8.